The van der Waals surface area contributed by atoms with Crippen LogP contribution in [0, 0.1) is 0 Å². The molecule has 0 saturated carbocycles. The minimum atomic E-state index is 0.755. The van der Waals surface area contributed by atoms with E-state index in [1.54, 1.807) is 0 Å². The van der Waals surface area contributed by atoms with Gasteiger partial charge in [-0.2, -0.15) is 0 Å². The zero-order valence-electron chi connectivity index (χ0n) is 14.0. The number of ether oxygens (including phenoxy) is 1. The molecule has 3 aromatic carbocycles. The molecule has 0 saturated heterocycles. The third-order valence-electron chi connectivity index (χ3n) is 3.83. The summed E-state index contributed by atoms with van der Waals surface area (Å²) in [6.07, 6.45) is 3.25. The van der Waals surface area contributed by atoms with Gasteiger partial charge in [-0.1, -0.05) is 79.7 Å². The van der Waals surface area contributed by atoms with Crippen LogP contribution >= 0.6 is 0 Å². The van der Waals surface area contributed by atoms with Crippen LogP contribution in [-0.2, 0) is 0 Å². The van der Waals surface area contributed by atoms with Gasteiger partial charge in [0.1, 0.15) is 5.75 Å². The molecule has 3 aromatic rings. The van der Waals surface area contributed by atoms with E-state index in [9.17, 15) is 0 Å². The highest BCUT2D eigenvalue weighted by Crippen LogP contribution is 2.27. The molecule has 120 valence electrons. The van der Waals surface area contributed by atoms with Crippen LogP contribution in [0.1, 0.15) is 30.0 Å². The molecule has 1 nitrogen and oxygen atoms in total. The van der Waals surface area contributed by atoms with Crippen molar-refractivity contribution in [2.75, 3.05) is 6.61 Å². The Morgan fingerprint density at radius 3 is 1.96 bits per heavy atom. The van der Waals surface area contributed by atoms with Crippen molar-refractivity contribution in [3.63, 3.8) is 0 Å². The van der Waals surface area contributed by atoms with Crippen molar-refractivity contribution in [1.29, 1.82) is 0 Å². The first-order valence-corrected chi connectivity index (χ1v) is 8.42. The Morgan fingerprint density at radius 1 is 0.750 bits per heavy atom. The average molecular weight is 314 g/mol. The highest BCUT2D eigenvalue weighted by molar-refractivity contribution is 5.91. The second-order valence-corrected chi connectivity index (χ2v) is 5.71. The van der Waals surface area contributed by atoms with Gasteiger partial charge in [-0.15, -0.1) is 0 Å². The van der Waals surface area contributed by atoms with Crippen molar-refractivity contribution in [3.05, 3.63) is 102 Å². The maximum absolute atomic E-state index is 5.69. The molecule has 0 aliphatic rings. The molecule has 0 bridgehead atoms. The SMILES string of the molecule is CCCOc1ccc(/C(=C\c2ccccc2)c2ccccc2)cc1. The largest absolute Gasteiger partial charge is 0.494 e. The Hall–Kier alpha value is -2.80. The zero-order valence-corrected chi connectivity index (χ0v) is 14.0. The number of benzene rings is 3. The molecule has 0 aliphatic carbocycles. The first-order valence-electron chi connectivity index (χ1n) is 8.42. The van der Waals surface area contributed by atoms with Gasteiger partial charge < -0.3 is 4.74 Å². The second kappa shape index (κ2) is 8.16. The lowest BCUT2D eigenvalue weighted by atomic mass is 9.95. The Kier molecular flexibility index (Phi) is 5.47. The third-order valence-corrected chi connectivity index (χ3v) is 3.83. The van der Waals surface area contributed by atoms with Crippen molar-refractivity contribution in [3.8, 4) is 5.75 Å². The van der Waals surface area contributed by atoms with E-state index < -0.39 is 0 Å². The molecule has 0 unspecified atom stereocenters. The molecule has 1 heteroatoms. The average Bonchev–Trinajstić information content (AvgIpc) is 2.66. The van der Waals surface area contributed by atoms with Crippen LogP contribution in [0.15, 0.2) is 84.9 Å². The van der Waals surface area contributed by atoms with Gasteiger partial charge >= 0.3 is 0 Å². The summed E-state index contributed by atoms with van der Waals surface area (Å²) in [7, 11) is 0. The normalized spacial score (nSPS) is 11.3. The minimum absolute atomic E-state index is 0.755. The van der Waals surface area contributed by atoms with E-state index >= 15 is 0 Å². The molecular formula is C23H22O. The highest BCUT2D eigenvalue weighted by Gasteiger charge is 2.06. The lowest BCUT2D eigenvalue weighted by Crippen LogP contribution is -1.95. The Labute approximate surface area is 144 Å². The van der Waals surface area contributed by atoms with Crippen LogP contribution in [0.3, 0.4) is 0 Å². The van der Waals surface area contributed by atoms with Crippen LogP contribution in [0.4, 0.5) is 0 Å². The molecule has 0 radical (unpaired) electrons. The number of hydrogen-bond acceptors (Lipinski definition) is 1. The fourth-order valence-corrected chi connectivity index (χ4v) is 2.62. The quantitative estimate of drug-likeness (QED) is 0.502. The van der Waals surface area contributed by atoms with Crippen LogP contribution in [0.5, 0.6) is 5.75 Å². The molecule has 0 aliphatic heterocycles. The van der Waals surface area contributed by atoms with Crippen molar-refractivity contribution in [2.45, 2.75) is 13.3 Å². The van der Waals surface area contributed by atoms with Crippen LogP contribution in [0.2, 0.25) is 0 Å². The maximum atomic E-state index is 5.69. The van der Waals surface area contributed by atoms with Gasteiger partial charge in [0.05, 0.1) is 6.61 Å². The van der Waals surface area contributed by atoms with Crippen LogP contribution in [0.25, 0.3) is 11.6 Å². The molecule has 0 spiro atoms. The van der Waals surface area contributed by atoms with Gasteiger partial charge in [-0.25, -0.2) is 0 Å². The van der Waals surface area contributed by atoms with Gasteiger partial charge in [-0.3, -0.25) is 0 Å². The molecular weight excluding hydrogens is 292 g/mol. The number of hydrogen-bond donors (Lipinski definition) is 0. The summed E-state index contributed by atoms with van der Waals surface area (Å²) in [5.74, 6) is 0.924. The van der Waals surface area contributed by atoms with E-state index in [1.165, 1.54) is 22.3 Å². The molecule has 3 rings (SSSR count). The molecule has 0 heterocycles. The predicted molar refractivity (Wildman–Crippen MR) is 102 cm³/mol. The molecule has 0 N–H and O–H groups in total. The lowest BCUT2D eigenvalue weighted by Gasteiger charge is -2.11. The second-order valence-electron chi connectivity index (χ2n) is 5.71. The summed E-state index contributed by atoms with van der Waals surface area (Å²) in [4.78, 5) is 0. The molecule has 0 aromatic heterocycles. The predicted octanol–water partition coefficient (Wildman–Crippen LogP) is 6.06. The van der Waals surface area contributed by atoms with Crippen LogP contribution < -0.4 is 4.74 Å². The summed E-state index contributed by atoms with van der Waals surface area (Å²) in [6.45, 7) is 2.87. The van der Waals surface area contributed by atoms with Crippen LogP contribution in [-0.4, -0.2) is 6.61 Å². The van der Waals surface area contributed by atoms with E-state index in [-0.39, 0.29) is 0 Å². The van der Waals surface area contributed by atoms with Gasteiger partial charge in [0.25, 0.3) is 0 Å². The van der Waals surface area contributed by atoms with Crippen molar-refractivity contribution in [2.24, 2.45) is 0 Å². The summed E-state index contributed by atoms with van der Waals surface area (Å²) in [5.41, 5.74) is 4.81. The van der Waals surface area contributed by atoms with Gasteiger partial charge in [0.15, 0.2) is 0 Å². The number of rotatable bonds is 6. The van der Waals surface area contributed by atoms with Crippen molar-refractivity contribution < 1.29 is 4.74 Å². The smallest absolute Gasteiger partial charge is 0.119 e. The maximum Gasteiger partial charge on any atom is 0.119 e. The third kappa shape index (κ3) is 4.14. The molecule has 24 heavy (non-hydrogen) atoms. The summed E-state index contributed by atoms with van der Waals surface area (Å²) >= 11 is 0. The summed E-state index contributed by atoms with van der Waals surface area (Å²) in [5, 5.41) is 0. The van der Waals surface area contributed by atoms with Gasteiger partial charge in [-0.05, 0) is 46.9 Å². The Morgan fingerprint density at radius 2 is 1.33 bits per heavy atom. The minimum Gasteiger partial charge on any atom is -0.494 e. The summed E-state index contributed by atoms with van der Waals surface area (Å²) in [6, 6.07) is 29.3. The lowest BCUT2D eigenvalue weighted by molar-refractivity contribution is 0.317. The molecule has 0 amide bonds. The van der Waals surface area contributed by atoms with E-state index in [0.29, 0.717) is 0 Å². The van der Waals surface area contributed by atoms with E-state index in [1.807, 2.05) is 24.3 Å². The topological polar surface area (TPSA) is 9.23 Å². The molecule has 0 atom stereocenters. The van der Waals surface area contributed by atoms with Gasteiger partial charge in [0.2, 0.25) is 0 Å². The zero-order chi connectivity index (χ0) is 16.6. The van der Waals surface area contributed by atoms with E-state index in [2.05, 4.69) is 73.7 Å². The molecule has 0 fully saturated rings. The monoisotopic (exact) mass is 314 g/mol. The van der Waals surface area contributed by atoms with E-state index in [4.69, 9.17) is 4.74 Å². The van der Waals surface area contributed by atoms with Crippen molar-refractivity contribution in [1.82, 2.24) is 0 Å². The van der Waals surface area contributed by atoms with Gasteiger partial charge in [0, 0.05) is 0 Å². The first kappa shape index (κ1) is 16.1. The van der Waals surface area contributed by atoms with Crippen molar-refractivity contribution >= 4 is 11.6 Å². The van der Waals surface area contributed by atoms with E-state index in [0.717, 1.165) is 18.8 Å². The fourth-order valence-electron chi connectivity index (χ4n) is 2.62. The highest BCUT2D eigenvalue weighted by atomic mass is 16.5. The Balaban J connectivity index is 1.97. The standard InChI is InChI=1S/C23H22O/c1-2-17-24-22-15-13-21(14-16-22)23(20-11-7-4-8-12-20)18-19-9-5-3-6-10-19/h3-16,18H,2,17H2,1H3/b23-18-. The summed E-state index contributed by atoms with van der Waals surface area (Å²) < 4.78 is 5.69. The fraction of sp³-hybridized carbons (Fsp3) is 0.130. The first-order chi connectivity index (χ1) is 11.9. The Bertz CT molecular complexity index is 771.